The number of hydrogen-bond donors (Lipinski definition) is 0. The second-order valence-corrected chi connectivity index (χ2v) is 7.22. The van der Waals surface area contributed by atoms with Crippen molar-refractivity contribution in [1.82, 2.24) is 19.8 Å². The number of alkyl halides is 3. The SMILES string of the molecule is O=C(c1cnccn1)N1C[C@H]2CC[C@@H](C1)N(C(=O)CSC(F)(F)F)C2. The van der Waals surface area contributed by atoms with Gasteiger partial charge in [-0.25, -0.2) is 4.98 Å². The van der Waals surface area contributed by atoms with Crippen LogP contribution in [0, 0.1) is 5.92 Å². The first-order chi connectivity index (χ1) is 11.8. The minimum absolute atomic E-state index is 0.0687. The van der Waals surface area contributed by atoms with Gasteiger partial charge in [-0.05, 0) is 30.5 Å². The third-order valence-corrected chi connectivity index (χ3v) is 5.18. The molecule has 10 heteroatoms. The molecular formula is C15H17F3N4O2S. The van der Waals surface area contributed by atoms with Gasteiger partial charge in [0.05, 0.1) is 11.9 Å². The van der Waals surface area contributed by atoms with E-state index in [-0.39, 0.29) is 35.3 Å². The topological polar surface area (TPSA) is 66.4 Å². The summed E-state index contributed by atoms with van der Waals surface area (Å²) in [5.41, 5.74) is -4.19. The number of aromatic nitrogens is 2. The number of amides is 2. The van der Waals surface area contributed by atoms with Gasteiger partial charge in [-0.15, -0.1) is 0 Å². The standard InChI is InChI=1S/C15H17F3N4O2S/c16-15(17,18)25-9-13(23)22-7-10-1-2-11(22)8-21(6-10)14(24)12-5-19-3-4-20-12/h3-5,10-11H,1-2,6-9H2/t10-,11+/m1/s1. The first-order valence-electron chi connectivity index (χ1n) is 7.89. The summed E-state index contributed by atoms with van der Waals surface area (Å²) >= 11 is -0.317. The van der Waals surface area contributed by atoms with E-state index in [2.05, 4.69) is 9.97 Å². The van der Waals surface area contributed by atoms with E-state index in [1.54, 1.807) is 4.90 Å². The predicted octanol–water partition coefficient (Wildman–Crippen LogP) is 1.79. The number of thioether (sulfide) groups is 1. The molecule has 0 radical (unpaired) electrons. The Kier molecular flexibility index (Phi) is 5.16. The molecule has 6 nitrogen and oxygen atoms in total. The molecule has 3 aliphatic heterocycles. The summed E-state index contributed by atoms with van der Waals surface area (Å²) in [6.07, 6.45) is 5.84. The number of hydrogen-bond acceptors (Lipinski definition) is 5. The average molecular weight is 374 g/mol. The second-order valence-electron chi connectivity index (χ2n) is 6.18. The third kappa shape index (κ3) is 4.42. The van der Waals surface area contributed by atoms with Crippen molar-refractivity contribution < 1.29 is 22.8 Å². The summed E-state index contributed by atoms with van der Waals surface area (Å²) in [6, 6.07) is -0.249. The number of fused-ring (bicyclic) bond motifs is 4. The van der Waals surface area contributed by atoms with Gasteiger partial charge in [0.2, 0.25) is 5.91 Å². The number of rotatable bonds is 3. The van der Waals surface area contributed by atoms with Crippen LogP contribution in [-0.4, -0.2) is 68.5 Å². The number of piperidine rings is 1. The van der Waals surface area contributed by atoms with Gasteiger partial charge in [0.25, 0.3) is 5.91 Å². The molecule has 3 aliphatic rings. The fraction of sp³-hybridized carbons (Fsp3) is 0.600. The maximum atomic E-state index is 12.6. The van der Waals surface area contributed by atoms with E-state index in [1.165, 1.54) is 23.5 Å². The van der Waals surface area contributed by atoms with Gasteiger partial charge >= 0.3 is 5.51 Å². The molecule has 1 aromatic heterocycles. The highest BCUT2D eigenvalue weighted by Crippen LogP contribution is 2.33. The lowest BCUT2D eigenvalue weighted by Gasteiger charge is -2.36. The Morgan fingerprint density at radius 1 is 1.20 bits per heavy atom. The van der Waals surface area contributed by atoms with E-state index in [0.717, 1.165) is 6.42 Å². The number of carbonyl (C=O) groups excluding carboxylic acids is 2. The van der Waals surface area contributed by atoms with E-state index in [0.29, 0.717) is 26.1 Å². The molecule has 0 aliphatic carbocycles. The van der Waals surface area contributed by atoms with Gasteiger partial charge in [-0.2, -0.15) is 13.2 Å². The Morgan fingerprint density at radius 3 is 2.68 bits per heavy atom. The molecule has 2 bridgehead atoms. The first kappa shape index (κ1) is 18.0. The number of halogens is 3. The van der Waals surface area contributed by atoms with Gasteiger partial charge < -0.3 is 9.80 Å². The average Bonchev–Trinajstić information content (AvgIpc) is 2.91. The van der Waals surface area contributed by atoms with Crippen LogP contribution in [0.2, 0.25) is 0 Å². The summed E-state index contributed by atoms with van der Waals surface area (Å²) in [4.78, 5) is 35.8. The largest absolute Gasteiger partial charge is 0.442 e. The molecule has 1 aromatic rings. The zero-order chi connectivity index (χ0) is 18.0. The maximum Gasteiger partial charge on any atom is 0.442 e. The van der Waals surface area contributed by atoms with Crippen LogP contribution in [0.25, 0.3) is 0 Å². The van der Waals surface area contributed by atoms with E-state index in [9.17, 15) is 22.8 Å². The Hall–Kier alpha value is -1.84. The van der Waals surface area contributed by atoms with Crippen LogP contribution in [0.1, 0.15) is 23.3 Å². The molecule has 136 valence electrons. The molecule has 25 heavy (non-hydrogen) atoms. The lowest BCUT2D eigenvalue weighted by molar-refractivity contribution is -0.132. The van der Waals surface area contributed by atoms with Crippen LogP contribution < -0.4 is 0 Å². The minimum atomic E-state index is -4.42. The molecule has 3 saturated heterocycles. The molecule has 2 amide bonds. The molecule has 4 heterocycles. The van der Waals surface area contributed by atoms with Crippen molar-refractivity contribution in [2.75, 3.05) is 25.4 Å². The Balaban J connectivity index is 1.68. The molecule has 4 rings (SSSR count). The monoisotopic (exact) mass is 374 g/mol. The summed E-state index contributed by atoms with van der Waals surface area (Å²) in [6.45, 7) is 1.18. The number of carbonyl (C=O) groups is 2. The van der Waals surface area contributed by atoms with Crippen LogP contribution >= 0.6 is 11.8 Å². The van der Waals surface area contributed by atoms with Crippen LogP contribution in [0.4, 0.5) is 13.2 Å². The molecule has 0 spiro atoms. The van der Waals surface area contributed by atoms with E-state index >= 15 is 0 Å². The van der Waals surface area contributed by atoms with Crippen molar-refractivity contribution in [2.24, 2.45) is 5.92 Å². The zero-order valence-corrected chi connectivity index (χ0v) is 14.1. The summed E-state index contributed by atoms with van der Waals surface area (Å²) in [5.74, 6) is -1.33. The molecule has 2 atom stereocenters. The minimum Gasteiger partial charge on any atom is -0.337 e. The Bertz CT molecular complexity index is 643. The van der Waals surface area contributed by atoms with Crippen molar-refractivity contribution in [3.8, 4) is 0 Å². The predicted molar refractivity (Wildman–Crippen MR) is 84.7 cm³/mol. The van der Waals surface area contributed by atoms with Crippen LogP contribution in [0.5, 0.6) is 0 Å². The highest BCUT2D eigenvalue weighted by atomic mass is 32.2. The van der Waals surface area contributed by atoms with Gasteiger partial charge in [0.15, 0.2) is 0 Å². The highest BCUT2D eigenvalue weighted by molar-refractivity contribution is 8.00. The van der Waals surface area contributed by atoms with E-state index in [1.807, 2.05) is 0 Å². The highest BCUT2D eigenvalue weighted by Gasteiger charge is 2.40. The first-order valence-corrected chi connectivity index (χ1v) is 8.87. The Morgan fingerprint density at radius 2 is 2.00 bits per heavy atom. The third-order valence-electron chi connectivity index (χ3n) is 4.46. The molecular weight excluding hydrogens is 357 g/mol. The summed E-state index contributed by atoms with van der Waals surface area (Å²) < 4.78 is 37.0. The quantitative estimate of drug-likeness (QED) is 0.807. The van der Waals surface area contributed by atoms with Gasteiger partial charge in [0.1, 0.15) is 5.69 Å². The summed E-state index contributed by atoms with van der Waals surface area (Å²) in [7, 11) is 0. The maximum absolute atomic E-state index is 12.6. The number of nitrogens with zero attached hydrogens (tertiary/aromatic N) is 4. The second kappa shape index (κ2) is 7.19. The smallest absolute Gasteiger partial charge is 0.337 e. The van der Waals surface area contributed by atoms with Gasteiger partial charge in [-0.1, -0.05) is 0 Å². The lowest BCUT2D eigenvalue weighted by Crippen LogP contribution is -2.48. The fourth-order valence-corrected chi connectivity index (χ4v) is 3.80. The normalized spacial score (nSPS) is 23.5. The van der Waals surface area contributed by atoms with Crippen LogP contribution in [-0.2, 0) is 4.79 Å². The van der Waals surface area contributed by atoms with Gasteiger partial charge in [-0.3, -0.25) is 14.6 Å². The van der Waals surface area contributed by atoms with Crippen molar-refractivity contribution in [2.45, 2.75) is 24.4 Å². The Labute approximate surface area is 146 Å². The molecule has 0 unspecified atom stereocenters. The van der Waals surface area contributed by atoms with Crippen molar-refractivity contribution in [3.63, 3.8) is 0 Å². The molecule has 3 fully saturated rings. The zero-order valence-electron chi connectivity index (χ0n) is 13.3. The fourth-order valence-electron chi connectivity index (χ4n) is 3.35. The van der Waals surface area contributed by atoms with Crippen molar-refractivity contribution >= 4 is 23.6 Å². The van der Waals surface area contributed by atoms with E-state index in [4.69, 9.17) is 0 Å². The molecule has 0 saturated carbocycles. The van der Waals surface area contributed by atoms with Crippen LogP contribution in [0.15, 0.2) is 18.6 Å². The van der Waals surface area contributed by atoms with Crippen molar-refractivity contribution in [1.29, 1.82) is 0 Å². The van der Waals surface area contributed by atoms with Crippen LogP contribution in [0.3, 0.4) is 0 Å². The van der Waals surface area contributed by atoms with Gasteiger partial charge in [0, 0.05) is 38.1 Å². The lowest BCUT2D eigenvalue weighted by atomic mass is 9.95. The molecule has 0 N–H and O–H groups in total. The van der Waals surface area contributed by atoms with Crippen molar-refractivity contribution in [3.05, 3.63) is 24.3 Å². The molecule has 0 aromatic carbocycles. The summed E-state index contributed by atoms with van der Waals surface area (Å²) in [5, 5.41) is 0. The van der Waals surface area contributed by atoms with E-state index < -0.39 is 17.2 Å².